The summed E-state index contributed by atoms with van der Waals surface area (Å²) in [6.07, 6.45) is 1.81. The molecule has 6 heteroatoms. The third-order valence-corrected chi connectivity index (χ3v) is 6.61. The molecule has 1 spiro atoms. The molecule has 4 aromatic rings. The van der Waals surface area contributed by atoms with Crippen LogP contribution in [0.4, 0.5) is 11.4 Å². The number of hydrogen-bond acceptors (Lipinski definition) is 5. The van der Waals surface area contributed by atoms with Gasteiger partial charge in [-0.25, -0.2) is 9.80 Å². The van der Waals surface area contributed by atoms with Gasteiger partial charge in [0.1, 0.15) is 11.5 Å². The van der Waals surface area contributed by atoms with Crippen LogP contribution in [0, 0.1) is 0 Å². The number of esters is 1. The van der Waals surface area contributed by atoms with E-state index < -0.39 is 17.4 Å². The minimum Gasteiger partial charge on any atom is -0.424 e. The van der Waals surface area contributed by atoms with E-state index in [0.717, 1.165) is 11.1 Å². The van der Waals surface area contributed by atoms with Gasteiger partial charge in [-0.3, -0.25) is 4.79 Å². The van der Waals surface area contributed by atoms with Crippen LogP contribution < -0.4 is 10.3 Å². The van der Waals surface area contributed by atoms with Gasteiger partial charge in [0, 0.05) is 11.3 Å². The summed E-state index contributed by atoms with van der Waals surface area (Å²) in [7, 11) is 0. The van der Waals surface area contributed by atoms with Gasteiger partial charge in [-0.1, -0.05) is 97.1 Å². The first-order chi connectivity index (χ1) is 18.2. The van der Waals surface area contributed by atoms with Gasteiger partial charge >= 0.3 is 5.97 Å². The first-order valence-corrected chi connectivity index (χ1v) is 12.0. The lowest BCUT2D eigenvalue weighted by atomic mass is 9.76. The van der Waals surface area contributed by atoms with Crippen LogP contribution in [0.3, 0.4) is 0 Å². The van der Waals surface area contributed by atoms with Crippen LogP contribution in [0.2, 0.25) is 0 Å². The number of carbonyl (C=O) groups is 2. The number of nitrogens with zero attached hydrogens (tertiary/aromatic N) is 2. The molecule has 2 heterocycles. The number of rotatable bonds is 5. The van der Waals surface area contributed by atoms with E-state index in [1.165, 1.54) is 0 Å². The molecule has 2 atom stereocenters. The Balaban J connectivity index is 1.55. The summed E-state index contributed by atoms with van der Waals surface area (Å²) >= 11 is 0. The van der Waals surface area contributed by atoms with Gasteiger partial charge in [0.15, 0.2) is 5.54 Å². The highest BCUT2D eigenvalue weighted by molar-refractivity contribution is 6.47. The van der Waals surface area contributed by atoms with E-state index in [1.807, 2.05) is 127 Å². The molecule has 6 rings (SSSR count). The third-order valence-electron chi connectivity index (χ3n) is 6.61. The Bertz CT molecular complexity index is 1500. The zero-order valence-corrected chi connectivity index (χ0v) is 19.8. The first-order valence-electron chi connectivity index (χ1n) is 12.0. The quantitative estimate of drug-likeness (QED) is 0.373. The van der Waals surface area contributed by atoms with Crippen molar-refractivity contribution in [2.75, 3.05) is 10.3 Å². The van der Waals surface area contributed by atoms with E-state index in [9.17, 15) is 9.59 Å². The van der Waals surface area contributed by atoms with Crippen molar-refractivity contribution in [3.8, 4) is 0 Å². The molecule has 2 aliphatic heterocycles. The summed E-state index contributed by atoms with van der Waals surface area (Å²) in [5.74, 6) is -1.15. The Morgan fingerprint density at radius 1 is 0.784 bits per heavy atom. The molecule has 0 aromatic heterocycles. The summed E-state index contributed by atoms with van der Waals surface area (Å²) in [5.41, 5.74) is 1.70. The normalized spacial score (nSPS) is 20.4. The molecule has 6 nitrogen and oxygen atoms in total. The average Bonchev–Trinajstić information content (AvgIpc) is 3.48. The van der Waals surface area contributed by atoms with E-state index in [4.69, 9.17) is 9.84 Å². The Morgan fingerprint density at radius 2 is 1.35 bits per heavy atom. The van der Waals surface area contributed by atoms with Crippen molar-refractivity contribution in [1.29, 1.82) is 0 Å². The van der Waals surface area contributed by atoms with Crippen molar-refractivity contribution in [2.45, 2.75) is 11.5 Å². The molecule has 0 saturated heterocycles. The fourth-order valence-corrected chi connectivity index (χ4v) is 4.93. The predicted octanol–water partition coefficient (Wildman–Crippen LogP) is 5.62. The van der Waals surface area contributed by atoms with Crippen molar-refractivity contribution < 1.29 is 14.3 Å². The highest BCUT2D eigenvalue weighted by Gasteiger charge is 2.62. The smallest absolute Gasteiger partial charge is 0.344 e. The molecule has 0 saturated carbocycles. The highest BCUT2D eigenvalue weighted by atomic mass is 16.5. The van der Waals surface area contributed by atoms with Gasteiger partial charge in [-0.15, -0.1) is 0 Å². The van der Waals surface area contributed by atoms with Crippen LogP contribution in [0.25, 0.3) is 5.76 Å². The topological polar surface area (TPSA) is 71.0 Å². The monoisotopic (exact) mass is 485 g/mol. The van der Waals surface area contributed by atoms with Crippen LogP contribution >= 0.6 is 0 Å². The molecular weight excluding hydrogens is 462 g/mol. The van der Waals surface area contributed by atoms with Gasteiger partial charge in [0.05, 0.1) is 11.6 Å². The van der Waals surface area contributed by atoms with Crippen molar-refractivity contribution in [3.63, 3.8) is 0 Å². The van der Waals surface area contributed by atoms with Gasteiger partial charge in [-0.05, 0) is 35.9 Å². The summed E-state index contributed by atoms with van der Waals surface area (Å²) in [6, 6.07) is 37.6. The molecule has 0 fully saturated rings. The number of hydrazone groups is 1. The standard InChI is InChI=1S/C31H23N3O3/c35-29(32-24-17-9-3-10-18-24)28-27(23-15-7-2-8-16-23)31(34(33-28)25-19-11-4-12-20-25)21-26(37-30(31)36)22-13-5-1-6-14-22/h1-21,27H,(H,32,35). The second-order valence-electron chi connectivity index (χ2n) is 8.89. The highest BCUT2D eigenvalue weighted by Crippen LogP contribution is 2.49. The van der Waals surface area contributed by atoms with Gasteiger partial charge in [-0.2, -0.15) is 5.10 Å². The van der Waals surface area contributed by atoms with Crippen LogP contribution in [-0.2, 0) is 14.3 Å². The van der Waals surface area contributed by atoms with E-state index in [1.54, 1.807) is 5.01 Å². The van der Waals surface area contributed by atoms with Gasteiger partial charge in [0.25, 0.3) is 5.91 Å². The molecule has 4 aromatic carbocycles. The Labute approximate surface area is 214 Å². The molecular formula is C31H23N3O3. The van der Waals surface area contributed by atoms with Crippen LogP contribution in [0.5, 0.6) is 0 Å². The maximum Gasteiger partial charge on any atom is 0.344 e. The number of amides is 1. The lowest BCUT2D eigenvalue weighted by Gasteiger charge is -2.34. The third kappa shape index (κ3) is 3.89. The minimum absolute atomic E-state index is 0.224. The molecule has 0 radical (unpaired) electrons. The number of cyclic esters (lactones) is 1. The van der Waals surface area contributed by atoms with Crippen LogP contribution in [0.1, 0.15) is 17.0 Å². The zero-order chi connectivity index (χ0) is 25.2. The molecule has 180 valence electrons. The summed E-state index contributed by atoms with van der Waals surface area (Å²) in [4.78, 5) is 27.7. The minimum atomic E-state index is -1.39. The number of carbonyl (C=O) groups excluding carboxylic acids is 2. The fraction of sp³-hybridized carbons (Fsp3) is 0.0645. The Kier molecular flexibility index (Phi) is 5.62. The van der Waals surface area contributed by atoms with Gasteiger partial charge in [0.2, 0.25) is 0 Å². The first kappa shape index (κ1) is 22.5. The molecule has 0 aliphatic carbocycles. The molecule has 0 bridgehead atoms. The van der Waals surface area contributed by atoms with Crippen LogP contribution in [0.15, 0.2) is 133 Å². The summed E-state index contributed by atoms with van der Waals surface area (Å²) in [5, 5.41) is 9.40. The fourth-order valence-electron chi connectivity index (χ4n) is 4.93. The van der Waals surface area contributed by atoms with E-state index in [2.05, 4.69) is 5.32 Å². The number of ether oxygens (including phenoxy) is 1. The molecule has 1 N–H and O–H groups in total. The molecule has 37 heavy (non-hydrogen) atoms. The number of para-hydroxylation sites is 2. The van der Waals surface area contributed by atoms with Crippen molar-refractivity contribution in [1.82, 2.24) is 0 Å². The second kappa shape index (κ2) is 9.24. The van der Waals surface area contributed by atoms with Crippen molar-refractivity contribution >= 4 is 34.7 Å². The maximum absolute atomic E-state index is 14.0. The van der Waals surface area contributed by atoms with Crippen molar-refractivity contribution in [2.24, 2.45) is 5.10 Å². The summed E-state index contributed by atoms with van der Waals surface area (Å²) < 4.78 is 5.91. The van der Waals surface area contributed by atoms with E-state index >= 15 is 0 Å². The number of benzene rings is 4. The lowest BCUT2D eigenvalue weighted by Crippen LogP contribution is -2.52. The predicted molar refractivity (Wildman–Crippen MR) is 144 cm³/mol. The Morgan fingerprint density at radius 3 is 2.00 bits per heavy atom. The number of hydrogen-bond donors (Lipinski definition) is 1. The molecule has 2 aliphatic rings. The molecule has 1 amide bonds. The van der Waals surface area contributed by atoms with Crippen molar-refractivity contribution in [3.05, 3.63) is 139 Å². The largest absolute Gasteiger partial charge is 0.424 e. The summed E-state index contributed by atoms with van der Waals surface area (Å²) in [6.45, 7) is 0. The lowest BCUT2D eigenvalue weighted by molar-refractivity contribution is -0.139. The molecule has 2 unspecified atom stereocenters. The van der Waals surface area contributed by atoms with Crippen LogP contribution in [-0.4, -0.2) is 23.1 Å². The SMILES string of the molecule is O=C(Nc1ccccc1)C1=NN(c2ccccc2)C2(C=C(c3ccccc3)OC2=O)C1c1ccccc1. The number of nitrogens with one attached hydrogen (secondary N) is 1. The zero-order valence-electron chi connectivity index (χ0n) is 19.8. The number of anilines is 2. The average molecular weight is 486 g/mol. The Hall–Kier alpha value is -4.97. The van der Waals surface area contributed by atoms with Gasteiger partial charge < -0.3 is 10.1 Å². The second-order valence-corrected chi connectivity index (χ2v) is 8.89. The maximum atomic E-state index is 14.0. The van der Waals surface area contributed by atoms with E-state index in [0.29, 0.717) is 17.1 Å². The van der Waals surface area contributed by atoms with E-state index in [-0.39, 0.29) is 11.6 Å².